The molecule has 0 aliphatic carbocycles. The maximum Gasteiger partial charge on any atom is 0.124 e. The first-order valence-corrected chi connectivity index (χ1v) is 6.75. The highest BCUT2D eigenvalue weighted by Crippen LogP contribution is 2.33. The van der Waals surface area contributed by atoms with E-state index >= 15 is 0 Å². The quantitative estimate of drug-likeness (QED) is 0.919. The van der Waals surface area contributed by atoms with E-state index in [1.807, 2.05) is 19.1 Å². The first-order valence-electron chi connectivity index (χ1n) is 5.93. The molecule has 1 heterocycles. The highest BCUT2D eigenvalue weighted by Gasteiger charge is 2.16. The topological polar surface area (TPSA) is 48.1 Å². The van der Waals surface area contributed by atoms with Crippen molar-refractivity contribution in [2.24, 2.45) is 5.73 Å². The summed E-state index contributed by atoms with van der Waals surface area (Å²) in [6.07, 6.45) is 0. The Morgan fingerprint density at radius 3 is 2.72 bits per heavy atom. The van der Waals surface area contributed by atoms with Crippen LogP contribution in [0.25, 0.3) is 10.6 Å². The number of aromatic nitrogens is 1. The van der Waals surface area contributed by atoms with Gasteiger partial charge >= 0.3 is 0 Å². The van der Waals surface area contributed by atoms with E-state index in [9.17, 15) is 0 Å². The third kappa shape index (κ3) is 2.61. The number of hydrogen-bond donors (Lipinski definition) is 1. The van der Waals surface area contributed by atoms with E-state index in [0.29, 0.717) is 6.61 Å². The van der Waals surface area contributed by atoms with Crippen LogP contribution >= 0.6 is 11.3 Å². The second kappa shape index (κ2) is 5.61. The summed E-state index contributed by atoms with van der Waals surface area (Å²) >= 11 is 1.66. The largest absolute Gasteiger partial charge is 0.378 e. The highest BCUT2D eigenvalue weighted by molar-refractivity contribution is 7.15. The lowest BCUT2D eigenvalue weighted by Crippen LogP contribution is -2.06. The van der Waals surface area contributed by atoms with Gasteiger partial charge in [-0.3, -0.25) is 0 Å². The fourth-order valence-electron chi connectivity index (χ4n) is 1.89. The van der Waals surface area contributed by atoms with E-state index < -0.39 is 0 Å². The molecular weight excluding hydrogens is 244 g/mol. The Balaban J connectivity index is 2.47. The number of nitrogens with zero attached hydrogens (tertiary/aromatic N) is 1. The Kier molecular flexibility index (Phi) is 4.11. The van der Waals surface area contributed by atoms with Crippen LogP contribution in [-0.2, 0) is 11.3 Å². The zero-order chi connectivity index (χ0) is 13.1. The zero-order valence-corrected chi connectivity index (χ0v) is 11.8. The minimum Gasteiger partial charge on any atom is -0.378 e. The van der Waals surface area contributed by atoms with Crippen LogP contribution in [0.3, 0.4) is 0 Å². The van der Waals surface area contributed by atoms with Crippen LogP contribution in [0.2, 0.25) is 0 Å². The summed E-state index contributed by atoms with van der Waals surface area (Å²) in [6.45, 7) is 4.59. The Hall–Kier alpha value is -1.23. The molecule has 1 atom stereocenters. The van der Waals surface area contributed by atoms with Crippen LogP contribution < -0.4 is 5.73 Å². The summed E-state index contributed by atoms with van der Waals surface area (Å²) in [5.74, 6) is 0. The van der Waals surface area contributed by atoms with Crippen molar-refractivity contribution in [3.05, 3.63) is 40.4 Å². The van der Waals surface area contributed by atoms with Gasteiger partial charge < -0.3 is 10.5 Å². The molecule has 2 rings (SSSR count). The maximum absolute atomic E-state index is 5.99. The third-order valence-corrected chi connectivity index (χ3v) is 4.13. The SMILES string of the molecule is COCc1nc(-c2ccccc2C)sc1C(C)N. The molecule has 1 aromatic heterocycles. The summed E-state index contributed by atoms with van der Waals surface area (Å²) in [6, 6.07) is 8.25. The van der Waals surface area contributed by atoms with E-state index in [-0.39, 0.29) is 6.04 Å². The van der Waals surface area contributed by atoms with Crippen LogP contribution in [0.15, 0.2) is 24.3 Å². The fraction of sp³-hybridized carbons (Fsp3) is 0.357. The monoisotopic (exact) mass is 262 g/mol. The predicted octanol–water partition coefficient (Wildman–Crippen LogP) is 3.28. The standard InChI is InChI=1S/C14H18N2OS/c1-9-6-4-5-7-11(9)14-16-12(8-17-3)13(18-14)10(2)15/h4-7,10H,8,15H2,1-3H3. The molecular formula is C14H18N2OS. The summed E-state index contributed by atoms with van der Waals surface area (Å²) in [7, 11) is 1.68. The molecule has 3 nitrogen and oxygen atoms in total. The third-order valence-electron chi connectivity index (χ3n) is 2.80. The number of aryl methyl sites for hydroxylation is 1. The fourth-order valence-corrected chi connectivity index (χ4v) is 3.00. The van der Waals surface area contributed by atoms with E-state index in [1.54, 1.807) is 18.4 Å². The lowest BCUT2D eigenvalue weighted by Gasteiger charge is -2.03. The molecule has 1 aromatic carbocycles. The molecule has 96 valence electrons. The van der Waals surface area contributed by atoms with Crippen molar-refractivity contribution in [3.8, 4) is 10.6 Å². The van der Waals surface area contributed by atoms with Crippen molar-refractivity contribution in [2.45, 2.75) is 26.5 Å². The Labute approximate surface area is 112 Å². The average molecular weight is 262 g/mol. The highest BCUT2D eigenvalue weighted by atomic mass is 32.1. The Morgan fingerprint density at radius 1 is 1.39 bits per heavy atom. The minimum absolute atomic E-state index is 0.00887. The summed E-state index contributed by atoms with van der Waals surface area (Å²) in [5.41, 5.74) is 9.34. The van der Waals surface area contributed by atoms with E-state index in [2.05, 4.69) is 24.0 Å². The van der Waals surface area contributed by atoms with Gasteiger partial charge in [-0.25, -0.2) is 4.98 Å². The molecule has 0 radical (unpaired) electrons. The van der Waals surface area contributed by atoms with Crippen LogP contribution in [-0.4, -0.2) is 12.1 Å². The van der Waals surface area contributed by atoms with Gasteiger partial charge in [-0.15, -0.1) is 11.3 Å². The normalized spacial score (nSPS) is 12.7. The van der Waals surface area contributed by atoms with Gasteiger partial charge in [-0.05, 0) is 19.4 Å². The van der Waals surface area contributed by atoms with Crippen molar-refractivity contribution in [1.82, 2.24) is 4.98 Å². The van der Waals surface area contributed by atoms with Crippen molar-refractivity contribution in [1.29, 1.82) is 0 Å². The van der Waals surface area contributed by atoms with Crippen LogP contribution in [0.5, 0.6) is 0 Å². The average Bonchev–Trinajstić information content (AvgIpc) is 2.74. The Bertz CT molecular complexity index is 534. The van der Waals surface area contributed by atoms with Gasteiger partial charge in [-0.1, -0.05) is 24.3 Å². The molecule has 1 unspecified atom stereocenters. The molecule has 0 fully saturated rings. The number of rotatable bonds is 4. The zero-order valence-electron chi connectivity index (χ0n) is 10.9. The lowest BCUT2D eigenvalue weighted by molar-refractivity contribution is 0.181. The minimum atomic E-state index is -0.00887. The first kappa shape index (κ1) is 13.2. The van der Waals surface area contributed by atoms with Crippen LogP contribution in [0.4, 0.5) is 0 Å². The van der Waals surface area contributed by atoms with Gasteiger partial charge in [0.15, 0.2) is 0 Å². The summed E-state index contributed by atoms with van der Waals surface area (Å²) in [5, 5.41) is 1.02. The van der Waals surface area contributed by atoms with Gasteiger partial charge in [0.25, 0.3) is 0 Å². The molecule has 2 aromatic rings. The number of hydrogen-bond acceptors (Lipinski definition) is 4. The Morgan fingerprint density at radius 2 is 2.11 bits per heavy atom. The first-order chi connectivity index (χ1) is 8.63. The van der Waals surface area contributed by atoms with E-state index in [4.69, 9.17) is 10.5 Å². The number of nitrogens with two attached hydrogens (primary N) is 1. The van der Waals surface area contributed by atoms with Crippen LogP contribution in [0.1, 0.15) is 29.1 Å². The number of ether oxygens (including phenoxy) is 1. The second-order valence-corrected chi connectivity index (χ2v) is 5.40. The second-order valence-electron chi connectivity index (χ2n) is 4.37. The molecule has 0 saturated heterocycles. The number of thiazole rings is 1. The van der Waals surface area contributed by atoms with Crippen molar-refractivity contribution in [2.75, 3.05) is 7.11 Å². The smallest absolute Gasteiger partial charge is 0.124 e. The van der Waals surface area contributed by atoms with Gasteiger partial charge in [-0.2, -0.15) is 0 Å². The van der Waals surface area contributed by atoms with Crippen molar-refractivity contribution < 1.29 is 4.74 Å². The molecule has 18 heavy (non-hydrogen) atoms. The molecule has 0 saturated carbocycles. The number of methoxy groups -OCH3 is 1. The lowest BCUT2D eigenvalue weighted by atomic mass is 10.1. The van der Waals surface area contributed by atoms with Gasteiger partial charge in [0.05, 0.1) is 12.3 Å². The van der Waals surface area contributed by atoms with Crippen molar-refractivity contribution >= 4 is 11.3 Å². The summed E-state index contributed by atoms with van der Waals surface area (Å²) < 4.78 is 5.19. The molecule has 2 N–H and O–H groups in total. The maximum atomic E-state index is 5.99. The van der Waals surface area contributed by atoms with Gasteiger partial charge in [0.1, 0.15) is 5.01 Å². The van der Waals surface area contributed by atoms with Crippen molar-refractivity contribution in [3.63, 3.8) is 0 Å². The molecule has 0 aliphatic heterocycles. The van der Waals surface area contributed by atoms with E-state index in [1.165, 1.54) is 11.1 Å². The molecule has 4 heteroatoms. The predicted molar refractivity (Wildman–Crippen MR) is 75.6 cm³/mol. The summed E-state index contributed by atoms with van der Waals surface area (Å²) in [4.78, 5) is 5.77. The van der Waals surface area contributed by atoms with Gasteiger partial charge in [0, 0.05) is 23.6 Å². The molecule has 0 aliphatic rings. The molecule has 0 spiro atoms. The number of benzene rings is 1. The van der Waals surface area contributed by atoms with E-state index in [0.717, 1.165) is 15.6 Å². The molecule has 0 bridgehead atoms. The van der Waals surface area contributed by atoms with Gasteiger partial charge in [0.2, 0.25) is 0 Å². The molecule has 0 amide bonds. The van der Waals surface area contributed by atoms with Crippen LogP contribution in [0, 0.1) is 6.92 Å².